The fourth-order valence-electron chi connectivity index (χ4n) is 2.49. The van der Waals surface area contributed by atoms with E-state index in [9.17, 15) is 4.79 Å². The van der Waals surface area contributed by atoms with Crippen LogP contribution in [0.4, 0.5) is 5.69 Å². The van der Waals surface area contributed by atoms with E-state index in [0.29, 0.717) is 23.8 Å². The first-order valence-corrected chi connectivity index (χ1v) is 6.74. The van der Waals surface area contributed by atoms with Crippen molar-refractivity contribution in [1.29, 1.82) is 0 Å². The molecule has 1 saturated heterocycles. The van der Waals surface area contributed by atoms with Crippen LogP contribution in [-0.2, 0) is 6.54 Å². The summed E-state index contributed by atoms with van der Waals surface area (Å²) in [6.07, 6.45) is 4.92. The van der Waals surface area contributed by atoms with Gasteiger partial charge in [0.2, 0.25) is 0 Å². The number of anilines is 1. The average molecular weight is 250 g/mol. The van der Waals surface area contributed by atoms with Crippen molar-refractivity contribution in [2.45, 2.75) is 39.7 Å². The highest BCUT2D eigenvalue weighted by molar-refractivity contribution is 5.97. The van der Waals surface area contributed by atoms with Crippen LogP contribution in [0.25, 0.3) is 0 Å². The summed E-state index contributed by atoms with van der Waals surface area (Å²) in [4.78, 5) is 14.4. The van der Waals surface area contributed by atoms with Crippen LogP contribution in [0.2, 0.25) is 0 Å². The molecule has 1 fully saturated rings. The summed E-state index contributed by atoms with van der Waals surface area (Å²) in [6, 6.07) is 0. The first-order valence-electron chi connectivity index (χ1n) is 6.74. The molecule has 2 heterocycles. The van der Waals surface area contributed by atoms with E-state index >= 15 is 0 Å². The molecule has 0 saturated carbocycles. The van der Waals surface area contributed by atoms with E-state index < -0.39 is 0 Å². The lowest BCUT2D eigenvalue weighted by Crippen LogP contribution is -2.34. The highest BCUT2D eigenvalue weighted by Crippen LogP contribution is 2.20. The summed E-state index contributed by atoms with van der Waals surface area (Å²) in [6.45, 7) is 6.54. The third-order valence-corrected chi connectivity index (χ3v) is 3.67. The number of carbonyl (C=O) groups is 1. The van der Waals surface area contributed by atoms with E-state index in [1.807, 2.05) is 11.8 Å². The summed E-state index contributed by atoms with van der Waals surface area (Å²) in [5, 5.41) is 4.13. The normalized spacial score (nSPS) is 20.8. The van der Waals surface area contributed by atoms with Crippen LogP contribution in [-0.4, -0.2) is 33.7 Å². The molecule has 18 heavy (non-hydrogen) atoms. The molecule has 1 aliphatic rings. The molecule has 1 aromatic heterocycles. The summed E-state index contributed by atoms with van der Waals surface area (Å²) >= 11 is 0. The second kappa shape index (κ2) is 5.42. The van der Waals surface area contributed by atoms with Gasteiger partial charge in [0.05, 0.1) is 11.9 Å². The van der Waals surface area contributed by atoms with Crippen molar-refractivity contribution in [2.75, 3.05) is 18.8 Å². The maximum absolute atomic E-state index is 12.5. The maximum atomic E-state index is 12.5. The van der Waals surface area contributed by atoms with Gasteiger partial charge in [0.25, 0.3) is 5.91 Å². The molecular weight excluding hydrogens is 228 g/mol. The summed E-state index contributed by atoms with van der Waals surface area (Å²) in [7, 11) is 0. The number of likely N-dealkylation sites (tertiary alicyclic amines) is 1. The van der Waals surface area contributed by atoms with Crippen LogP contribution < -0.4 is 5.73 Å². The summed E-state index contributed by atoms with van der Waals surface area (Å²) in [5.41, 5.74) is 6.89. The van der Waals surface area contributed by atoms with Crippen LogP contribution in [0.15, 0.2) is 6.20 Å². The number of rotatable bonds is 2. The Morgan fingerprint density at radius 1 is 1.50 bits per heavy atom. The van der Waals surface area contributed by atoms with Gasteiger partial charge in [0.1, 0.15) is 5.69 Å². The Morgan fingerprint density at radius 2 is 2.28 bits per heavy atom. The Hall–Kier alpha value is -1.52. The third-order valence-electron chi connectivity index (χ3n) is 3.67. The average Bonchev–Trinajstić information content (AvgIpc) is 2.59. The summed E-state index contributed by atoms with van der Waals surface area (Å²) < 4.78 is 1.69. The maximum Gasteiger partial charge on any atom is 0.274 e. The Morgan fingerprint density at radius 3 is 3.00 bits per heavy atom. The molecule has 5 nitrogen and oxygen atoms in total. The predicted molar refractivity (Wildman–Crippen MR) is 71.2 cm³/mol. The number of aromatic nitrogens is 2. The van der Waals surface area contributed by atoms with Gasteiger partial charge in [-0.25, -0.2) is 0 Å². The van der Waals surface area contributed by atoms with Gasteiger partial charge in [-0.3, -0.25) is 9.48 Å². The van der Waals surface area contributed by atoms with Crippen LogP contribution >= 0.6 is 0 Å². The minimum absolute atomic E-state index is 0.0287. The molecule has 0 aromatic carbocycles. The molecule has 1 unspecified atom stereocenters. The Balaban J connectivity index is 2.17. The van der Waals surface area contributed by atoms with E-state index in [0.717, 1.165) is 25.9 Å². The van der Waals surface area contributed by atoms with Crippen LogP contribution in [0.5, 0.6) is 0 Å². The van der Waals surface area contributed by atoms with Crippen molar-refractivity contribution in [3.63, 3.8) is 0 Å². The van der Waals surface area contributed by atoms with Gasteiger partial charge >= 0.3 is 0 Å². The monoisotopic (exact) mass is 250 g/mol. The van der Waals surface area contributed by atoms with Crippen LogP contribution in [0.1, 0.15) is 43.6 Å². The molecular formula is C13H22N4O. The first-order chi connectivity index (χ1) is 8.63. The van der Waals surface area contributed by atoms with E-state index in [4.69, 9.17) is 5.73 Å². The first kappa shape index (κ1) is 12.9. The minimum Gasteiger partial charge on any atom is -0.396 e. The van der Waals surface area contributed by atoms with Crippen molar-refractivity contribution >= 4 is 11.6 Å². The van der Waals surface area contributed by atoms with Crippen molar-refractivity contribution < 1.29 is 4.79 Å². The number of nitrogen functional groups attached to an aromatic ring is 1. The van der Waals surface area contributed by atoms with Gasteiger partial charge < -0.3 is 10.6 Å². The number of amides is 1. The Labute approximate surface area is 108 Å². The van der Waals surface area contributed by atoms with E-state index in [1.54, 1.807) is 10.9 Å². The van der Waals surface area contributed by atoms with E-state index in [2.05, 4.69) is 12.0 Å². The molecule has 0 spiro atoms. The standard InChI is InChI=1S/C13H22N4O/c1-3-17-12(11(14)9-15-17)13(18)16-7-4-5-10(2)6-8-16/h9-10H,3-8,14H2,1-2H3. The van der Waals surface area contributed by atoms with Crippen molar-refractivity contribution in [3.05, 3.63) is 11.9 Å². The number of nitrogens with two attached hydrogens (primary N) is 1. The van der Waals surface area contributed by atoms with Gasteiger partial charge in [-0.05, 0) is 32.1 Å². The van der Waals surface area contributed by atoms with Crippen molar-refractivity contribution in [1.82, 2.24) is 14.7 Å². The fraction of sp³-hybridized carbons (Fsp3) is 0.692. The number of aryl methyl sites for hydroxylation is 1. The number of nitrogens with zero attached hydrogens (tertiary/aromatic N) is 3. The second-order valence-electron chi connectivity index (χ2n) is 5.09. The van der Waals surface area contributed by atoms with Crippen LogP contribution in [0, 0.1) is 5.92 Å². The second-order valence-corrected chi connectivity index (χ2v) is 5.09. The molecule has 1 aromatic rings. The number of carbonyl (C=O) groups excluding carboxylic acids is 1. The van der Waals surface area contributed by atoms with E-state index in [1.165, 1.54) is 6.42 Å². The van der Waals surface area contributed by atoms with Gasteiger partial charge in [0, 0.05) is 19.6 Å². The van der Waals surface area contributed by atoms with E-state index in [-0.39, 0.29) is 5.91 Å². The predicted octanol–water partition coefficient (Wildman–Crippen LogP) is 1.75. The largest absolute Gasteiger partial charge is 0.396 e. The minimum atomic E-state index is 0.0287. The fourth-order valence-corrected chi connectivity index (χ4v) is 2.49. The molecule has 0 aliphatic carbocycles. The lowest BCUT2D eigenvalue weighted by atomic mass is 10.0. The van der Waals surface area contributed by atoms with Gasteiger partial charge in [-0.1, -0.05) is 6.92 Å². The molecule has 100 valence electrons. The van der Waals surface area contributed by atoms with Crippen molar-refractivity contribution in [2.24, 2.45) is 5.92 Å². The molecule has 1 aliphatic heterocycles. The zero-order chi connectivity index (χ0) is 13.1. The quantitative estimate of drug-likeness (QED) is 0.869. The zero-order valence-corrected chi connectivity index (χ0v) is 11.2. The van der Waals surface area contributed by atoms with Gasteiger partial charge in [-0.2, -0.15) is 5.10 Å². The lowest BCUT2D eigenvalue weighted by molar-refractivity contribution is 0.0749. The highest BCUT2D eigenvalue weighted by atomic mass is 16.2. The molecule has 1 amide bonds. The van der Waals surface area contributed by atoms with Gasteiger partial charge in [-0.15, -0.1) is 0 Å². The topological polar surface area (TPSA) is 64.2 Å². The third kappa shape index (κ3) is 2.49. The lowest BCUT2D eigenvalue weighted by Gasteiger charge is -2.21. The molecule has 0 radical (unpaired) electrons. The van der Waals surface area contributed by atoms with Crippen molar-refractivity contribution in [3.8, 4) is 0 Å². The van der Waals surface area contributed by atoms with Crippen LogP contribution in [0.3, 0.4) is 0 Å². The Bertz CT molecular complexity index is 427. The molecule has 0 bridgehead atoms. The molecule has 5 heteroatoms. The zero-order valence-electron chi connectivity index (χ0n) is 11.2. The smallest absolute Gasteiger partial charge is 0.274 e. The molecule has 2 rings (SSSR count). The highest BCUT2D eigenvalue weighted by Gasteiger charge is 2.24. The summed E-state index contributed by atoms with van der Waals surface area (Å²) in [5.74, 6) is 0.734. The Kier molecular flexibility index (Phi) is 3.89. The SMILES string of the molecule is CCn1ncc(N)c1C(=O)N1CCCC(C)CC1. The number of hydrogen-bond donors (Lipinski definition) is 1. The molecule has 1 atom stereocenters. The van der Waals surface area contributed by atoms with Gasteiger partial charge in [0.15, 0.2) is 0 Å². The molecule has 2 N–H and O–H groups in total. The number of hydrogen-bond acceptors (Lipinski definition) is 3.